The summed E-state index contributed by atoms with van der Waals surface area (Å²) in [5, 5.41) is 2.39. The summed E-state index contributed by atoms with van der Waals surface area (Å²) in [6, 6.07) is 60.2. The minimum atomic E-state index is -0.293. The monoisotopic (exact) mass is 785 g/mol. The molecule has 3 heterocycles. The van der Waals surface area contributed by atoms with Crippen LogP contribution < -0.4 is 0 Å². The fourth-order valence-electron chi connectivity index (χ4n) is 8.99. The summed E-state index contributed by atoms with van der Waals surface area (Å²) in [6.07, 6.45) is 0. The van der Waals surface area contributed by atoms with Gasteiger partial charge in [-0.1, -0.05) is 135 Å². The Bertz CT molecular complexity index is 3390. The van der Waals surface area contributed by atoms with Crippen LogP contribution in [0.1, 0.15) is 25.0 Å². The van der Waals surface area contributed by atoms with Gasteiger partial charge in [-0.05, 0) is 98.8 Å². The quantitative estimate of drug-likeness (QED) is 0.166. The van der Waals surface area contributed by atoms with Gasteiger partial charge >= 0.3 is 0 Å². The summed E-state index contributed by atoms with van der Waals surface area (Å²) in [4.78, 5) is 25.7. The third-order valence-corrected chi connectivity index (χ3v) is 11.9. The van der Waals surface area contributed by atoms with Crippen molar-refractivity contribution in [3.63, 3.8) is 0 Å². The third kappa shape index (κ3) is 5.85. The number of para-hydroxylation sites is 4. The summed E-state index contributed by atoms with van der Waals surface area (Å²) in [7, 11) is 0. The maximum absolute atomic E-state index is 6.35. The van der Waals surface area contributed by atoms with Crippen molar-refractivity contribution in [1.82, 2.24) is 24.9 Å². The van der Waals surface area contributed by atoms with Crippen LogP contribution in [-0.2, 0) is 5.41 Å². The van der Waals surface area contributed by atoms with Crippen molar-refractivity contribution in [2.75, 3.05) is 0 Å². The summed E-state index contributed by atoms with van der Waals surface area (Å²) in [5.41, 5.74) is 13.8. The number of benzene rings is 8. The fraction of sp³-hybridized carbons (Fsp3) is 0.0556. The van der Waals surface area contributed by atoms with E-state index >= 15 is 0 Å². The molecule has 1 aliphatic carbocycles. The van der Waals surface area contributed by atoms with Crippen molar-refractivity contribution in [2.45, 2.75) is 19.3 Å². The van der Waals surface area contributed by atoms with E-state index in [9.17, 15) is 0 Å². The van der Waals surface area contributed by atoms with Gasteiger partial charge in [-0.3, -0.25) is 0 Å². The standard InChI is InChI=1S/C54H35N5O2/c1-54(2)43-20-6-5-17-40(43)41-18-12-19-42(48(41)54)51-58-49(36-16-11-15-34(28-36)35-26-25-32-13-3-4-14-33(32)27-35)57-50(59-51)37-29-38(52-55-44-21-7-9-23-46(44)60-52)31-39(30-37)53-56-45-22-8-10-24-47(45)61-53/h3-31H,1-2H3. The molecule has 0 radical (unpaired) electrons. The molecule has 0 bridgehead atoms. The largest absolute Gasteiger partial charge is 0.436 e. The highest BCUT2D eigenvalue weighted by Crippen LogP contribution is 2.52. The minimum Gasteiger partial charge on any atom is -0.436 e. The van der Waals surface area contributed by atoms with Gasteiger partial charge in [0.2, 0.25) is 11.8 Å². The predicted molar refractivity (Wildman–Crippen MR) is 243 cm³/mol. The minimum absolute atomic E-state index is 0.293. The normalized spacial score (nSPS) is 12.9. The topological polar surface area (TPSA) is 90.7 Å². The Kier molecular flexibility index (Phi) is 7.74. The molecule has 12 rings (SSSR count). The van der Waals surface area contributed by atoms with Crippen molar-refractivity contribution in [2.24, 2.45) is 0 Å². The van der Waals surface area contributed by atoms with Crippen LogP contribution in [0.3, 0.4) is 0 Å². The molecular formula is C54H35N5O2. The van der Waals surface area contributed by atoms with Gasteiger partial charge in [0.15, 0.2) is 28.6 Å². The first kappa shape index (κ1) is 35.0. The van der Waals surface area contributed by atoms with Crippen LogP contribution in [0.15, 0.2) is 185 Å². The van der Waals surface area contributed by atoms with Gasteiger partial charge in [-0.2, -0.15) is 0 Å². The third-order valence-electron chi connectivity index (χ3n) is 11.9. The van der Waals surface area contributed by atoms with E-state index in [0.29, 0.717) is 40.4 Å². The van der Waals surface area contributed by atoms with Crippen LogP contribution in [-0.4, -0.2) is 24.9 Å². The smallest absolute Gasteiger partial charge is 0.227 e. The van der Waals surface area contributed by atoms with Crippen molar-refractivity contribution >= 4 is 33.0 Å². The van der Waals surface area contributed by atoms with Crippen LogP contribution in [0.5, 0.6) is 0 Å². The van der Waals surface area contributed by atoms with Crippen molar-refractivity contribution in [1.29, 1.82) is 0 Å². The van der Waals surface area contributed by atoms with Gasteiger partial charge in [0, 0.05) is 33.2 Å². The average molecular weight is 786 g/mol. The summed E-state index contributed by atoms with van der Waals surface area (Å²) >= 11 is 0. The van der Waals surface area contributed by atoms with E-state index in [1.807, 2.05) is 66.7 Å². The molecule has 0 unspecified atom stereocenters. The SMILES string of the molecule is CC1(C)c2ccccc2-c2cccc(-c3nc(-c4cccc(-c5ccc6ccccc6c5)c4)nc(-c4cc(-c5nc6ccccc6o5)cc(-c5nc6ccccc6o5)c4)n3)c21. The molecule has 0 fully saturated rings. The van der Waals surface area contributed by atoms with E-state index in [4.69, 9.17) is 33.8 Å². The molecule has 7 nitrogen and oxygen atoms in total. The Morgan fingerprint density at radius 2 is 0.885 bits per heavy atom. The van der Waals surface area contributed by atoms with Gasteiger partial charge < -0.3 is 8.83 Å². The molecule has 61 heavy (non-hydrogen) atoms. The first-order valence-electron chi connectivity index (χ1n) is 20.4. The van der Waals surface area contributed by atoms with Gasteiger partial charge in [0.05, 0.1) is 0 Å². The number of hydrogen-bond donors (Lipinski definition) is 0. The van der Waals surface area contributed by atoms with E-state index in [-0.39, 0.29) is 5.41 Å². The maximum atomic E-state index is 6.35. The second-order valence-corrected chi connectivity index (χ2v) is 16.1. The summed E-state index contributed by atoms with van der Waals surface area (Å²) in [5.74, 6) is 2.59. The number of hydrogen-bond acceptors (Lipinski definition) is 7. The Morgan fingerprint density at radius 1 is 0.361 bits per heavy atom. The Balaban J connectivity index is 1.09. The second-order valence-electron chi connectivity index (χ2n) is 16.1. The van der Waals surface area contributed by atoms with E-state index in [1.165, 1.54) is 33.0 Å². The lowest BCUT2D eigenvalue weighted by Gasteiger charge is -2.24. The summed E-state index contributed by atoms with van der Waals surface area (Å²) in [6.45, 7) is 4.57. The highest BCUT2D eigenvalue weighted by atomic mass is 16.4. The molecule has 8 aromatic carbocycles. The van der Waals surface area contributed by atoms with E-state index in [2.05, 4.69) is 123 Å². The number of fused-ring (bicyclic) bond motifs is 6. The molecule has 11 aromatic rings. The molecule has 0 atom stereocenters. The van der Waals surface area contributed by atoms with Gasteiger partial charge in [0.1, 0.15) is 11.0 Å². The van der Waals surface area contributed by atoms with E-state index in [1.54, 1.807) is 0 Å². The van der Waals surface area contributed by atoms with Crippen LogP contribution in [0.2, 0.25) is 0 Å². The molecule has 0 amide bonds. The van der Waals surface area contributed by atoms with Crippen molar-refractivity contribution in [3.05, 3.63) is 187 Å². The molecule has 0 N–H and O–H groups in total. The molecule has 288 valence electrons. The molecule has 0 aliphatic heterocycles. The van der Waals surface area contributed by atoms with Crippen LogP contribution >= 0.6 is 0 Å². The Labute approximate surface area is 351 Å². The fourth-order valence-corrected chi connectivity index (χ4v) is 8.99. The highest BCUT2D eigenvalue weighted by molar-refractivity contribution is 5.90. The number of nitrogens with zero attached hydrogens (tertiary/aromatic N) is 5. The van der Waals surface area contributed by atoms with E-state index in [0.717, 1.165) is 50.0 Å². The Morgan fingerprint density at radius 3 is 1.62 bits per heavy atom. The molecule has 1 aliphatic rings. The maximum Gasteiger partial charge on any atom is 0.227 e. The van der Waals surface area contributed by atoms with E-state index < -0.39 is 0 Å². The molecule has 3 aromatic heterocycles. The highest BCUT2D eigenvalue weighted by Gasteiger charge is 2.38. The summed E-state index contributed by atoms with van der Waals surface area (Å²) < 4.78 is 12.7. The van der Waals surface area contributed by atoms with Crippen molar-refractivity contribution < 1.29 is 8.83 Å². The zero-order valence-electron chi connectivity index (χ0n) is 33.3. The predicted octanol–water partition coefficient (Wildman–Crippen LogP) is 13.6. The Hall–Kier alpha value is -8.03. The second kappa shape index (κ2) is 13.5. The van der Waals surface area contributed by atoms with Crippen molar-refractivity contribution in [3.8, 4) is 79.3 Å². The molecule has 0 saturated carbocycles. The first-order valence-corrected chi connectivity index (χ1v) is 20.4. The molecule has 0 spiro atoms. The lowest BCUT2D eigenvalue weighted by molar-refractivity contribution is 0.617. The molecule has 7 heteroatoms. The van der Waals surface area contributed by atoms with Crippen LogP contribution in [0.25, 0.3) is 112 Å². The zero-order chi connectivity index (χ0) is 40.7. The zero-order valence-corrected chi connectivity index (χ0v) is 33.3. The number of rotatable bonds is 6. The lowest BCUT2D eigenvalue weighted by atomic mass is 9.80. The lowest BCUT2D eigenvalue weighted by Crippen LogP contribution is -2.17. The van der Waals surface area contributed by atoms with Crippen LogP contribution in [0.4, 0.5) is 0 Å². The number of oxazole rings is 2. The van der Waals surface area contributed by atoms with Gasteiger partial charge in [-0.25, -0.2) is 24.9 Å². The van der Waals surface area contributed by atoms with Gasteiger partial charge in [-0.15, -0.1) is 0 Å². The number of aromatic nitrogens is 5. The molecular weight excluding hydrogens is 751 g/mol. The molecule has 0 saturated heterocycles. The first-order chi connectivity index (χ1) is 29.9. The average Bonchev–Trinajstić information content (AvgIpc) is 4.02. The van der Waals surface area contributed by atoms with Gasteiger partial charge in [0.25, 0.3) is 0 Å². The van der Waals surface area contributed by atoms with Crippen LogP contribution in [0, 0.1) is 0 Å².